The normalized spacial score (nSPS) is 32.6. The van der Waals surface area contributed by atoms with E-state index in [1.54, 1.807) is 17.1 Å². The summed E-state index contributed by atoms with van der Waals surface area (Å²) >= 11 is 3.63. The van der Waals surface area contributed by atoms with Gasteiger partial charge in [0.25, 0.3) is 0 Å². The Hall–Kier alpha value is -1.71. The maximum atomic E-state index is 14.0. The SMILES string of the molecule is C=CCCOC(=O)[C@H]1[C@@H]2OC3(CC2Br)C(C(=O)N(CC=C)C(C)(C)C)N(CCCO)C(=O)[C@H]13. The quantitative estimate of drug-likeness (QED) is 0.202. The molecule has 0 aromatic rings. The van der Waals surface area contributed by atoms with Crippen molar-refractivity contribution in [1.29, 1.82) is 0 Å². The summed E-state index contributed by atoms with van der Waals surface area (Å²) in [6.07, 6.45) is 4.04. The van der Waals surface area contributed by atoms with Crippen LogP contribution in [0.25, 0.3) is 0 Å². The van der Waals surface area contributed by atoms with E-state index in [1.165, 1.54) is 4.90 Å². The molecule has 3 unspecified atom stereocenters. The predicted molar refractivity (Wildman–Crippen MR) is 127 cm³/mol. The maximum Gasteiger partial charge on any atom is 0.312 e. The summed E-state index contributed by atoms with van der Waals surface area (Å²) in [7, 11) is 0. The molecule has 0 radical (unpaired) electrons. The van der Waals surface area contributed by atoms with Gasteiger partial charge >= 0.3 is 5.97 Å². The second-order valence-electron chi connectivity index (χ2n) is 9.93. The molecule has 0 aromatic carbocycles. The van der Waals surface area contributed by atoms with Gasteiger partial charge in [-0.2, -0.15) is 0 Å². The molecular formula is C24H35BrN2O6. The molecule has 8 nitrogen and oxygen atoms in total. The Morgan fingerprint density at radius 1 is 1.36 bits per heavy atom. The largest absolute Gasteiger partial charge is 0.465 e. The summed E-state index contributed by atoms with van der Waals surface area (Å²) in [4.78, 5) is 43.8. The Labute approximate surface area is 204 Å². The van der Waals surface area contributed by atoms with Crippen LogP contribution in [0.3, 0.4) is 0 Å². The van der Waals surface area contributed by atoms with E-state index in [0.717, 1.165) is 0 Å². The van der Waals surface area contributed by atoms with Gasteiger partial charge in [-0.1, -0.05) is 28.1 Å². The Morgan fingerprint density at radius 3 is 2.64 bits per heavy atom. The Bertz CT molecular complexity index is 811. The molecule has 3 fully saturated rings. The fourth-order valence-corrected chi connectivity index (χ4v) is 6.41. The lowest BCUT2D eigenvalue weighted by Gasteiger charge is -2.42. The average molecular weight is 527 g/mol. The number of nitrogens with zero attached hydrogens (tertiary/aromatic N) is 2. The van der Waals surface area contributed by atoms with Crippen molar-refractivity contribution in [3.05, 3.63) is 25.3 Å². The van der Waals surface area contributed by atoms with E-state index >= 15 is 0 Å². The first-order chi connectivity index (χ1) is 15.5. The highest BCUT2D eigenvalue weighted by atomic mass is 79.9. The number of aliphatic hydroxyl groups excluding tert-OH is 1. The zero-order valence-electron chi connectivity index (χ0n) is 19.7. The molecule has 3 saturated heterocycles. The van der Waals surface area contributed by atoms with E-state index in [9.17, 15) is 19.5 Å². The van der Waals surface area contributed by atoms with Crippen LogP contribution < -0.4 is 0 Å². The number of likely N-dealkylation sites (tertiary alicyclic amines) is 1. The highest BCUT2D eigenvalue weighted by molar-refractivity contribution is 9.09. The maximum absolute atomic E-state index is 14.0. The third-order valence-corrected chi connectivity index (χ3v) is 7.65. The highest BCUT2D eigenvalue weighted by Gasteiger charge is 2.77. The molecule has 3 aliphatic heterocycles. The molecule has 3 aliphatic rings. The van der Waals surface area contributed by atoms with Gasteiger partial charge in [-0.05, 0) is 40.0 Å². The van der Waals surface area contributed by atoms with Crippen molar-refractivity contribution in [2.24, 2.45) is 11.8 Å². The van der Waals surface area contributed by atoms with Gasteiger partial charge in [-0.3, -0.25) is 14.4 Å². The van der Waals surface area contributed by atoms with Gasteiger partial charge in [0, 0.05) is 30.1 Å². The van der Waals surface area contributed by atoms with E-state index < -0.39 is 41.1 Å². The minimum Gasteiger partial charge on any atom is -0.465 e. The first-order valence-corrected chi connectivity index (χ1v) is 12.4. The summed E-state index contributed by atoms with van der Waals surface area (Å²) in [5.41, 5.74) is -1.64. The number of fused-ring (bicyclic) bond motifs is 1. The second-order valence-corrected chi connectivity index (χ2v) is 11.1. The summed E-state index contributed by atoms with van der Waals surface area (Å²) in [6.45, 7) is 13.8. The van der Waals surface area contributed by atoms with E-state index in [-0.39, 0.29) is 36.4 Å². The zero-order chi connectivity index (χ0) is 24.6. The fourth-order valence-electron chi connectivity index (χ4n) is 5.47. The minimum absolute atomic E-state index is 0.116. The number of rotatable bonds is 10. The number of carbonyl (C=O) groups excluding carboxylic acids is 3. The predicted octanol–water partition coefficient (Wildman–Crippen LogP) is 2.05. The molecule has 33 heavy (non-hydrogen) atoms. The molecule has 0 saturated carbocycles. The standard InChI is InChI=1S/C24H35BrN2O6/c1-6-8-13-32-22(31)16-17-20(29)26(11-9-12-28)19(24(17)14-15(25)18(16)33-24)21(30)27(10-7-2)23(3,4)5/h6-7,15-19,28H,1-2,8-14H2,3-5H3/t15?,16-,17+,18-,19?,24?/m1/s1. The Balaban J connectivity index is 2.03. The Morgan fingerprint density at radius 2 is 2.06 bits per heavy atom. The summed E-state index contributed by atoms with van der Waals surface area (Å²) in [5, 5.41) is 9.43. The van der Waals surface area contributed by atoms with E-state index in [4.69, 9.17) is 9.47 Å². The van der Waals surface area contributed by atoms with Crippen LogP contribution in [-0.2, 0) is 23.9 Å². The summed E-state index contributed by atoms with van der Waals surface area (Å²) in [6, 6.07) is -0.892. The molecule has 1 spiro atoms. The molecule has 3 heterocycles. The van der Waals surface area contributed by atoms with Crippen molar-refractivity contribution in [2.45, 2.75) is 68.1 Å². The molecular weight excluding hydrogens is 492 g/mol. The first kappa shape index (κ1) is 25.9. The van der Waals surface area contributed by atoms with Gasteiger partial charge in [-0.25, -0.2) is 0 Å². The van der Waals surface area contributed by atoms with Crippen molar-refractivity contribution < 1.29 is 29.0 Å². The van der Waals surface area contributed by atoms with E-state index in [2.05, 4.69) is 29.1 Å². The number of halogens is 1. The summed E-state index contributed by atoms with van der Waals surface area (Å²) < 4.78 is 11.9. The zero-order valence-corrected chi connectivity index (χ0v) is 21.3. The number of carbonyl (C=O) groups is 3. The van der Waals surface area contributed by atoms with Crippen LogP contribution in [0.4, 0.5) is 0 Å². The molecule has 0 aromatic heterocycles. The number of esters is 1. The lowest BCUT2D eigenvalue weighted by atomic mass is 9.70. The lowest BCUT2D eigenvalue weighted by Crippen LogP contribution is -2.60. The molecule has 0 aliphatic carbocycles. The van der Waals surface area contributed by atoms with E-state index in [1.807, 2.05) is 20.8 Å². The molecule has 1 N–H and O–H groups in total. The summed E-state index contributed by atoms with van der Waals surface area (Å²) in [5.74, 6) is -2.61. The second kappa shape index (κ2) is 9.88. The van der Waals surface area contributed by atoms with Crippen LogP contribution in [0, 0.1) is 11.8 Å². The van der Waals surface area contributed by atoms with Crippen molar-refractivity contribution in [2.75, 3.05) is 26.3 Å². The smallest absolute Gasteiger partial charge is 0.312 e. The fraction of sp³-hybridized carbons (Fsp3) is 0.708. The van der Waals surface area contributed by atoms with Gasteiger partial charge in [0.05, 0.1) is 24.5 Å². The first-order valence-electron chi connectivity index (χ1n) is 11.5. The van der Waals surface area contributed by atoms with Crippen LogP contribution in [-0.4, -0.2) is 87.1 Å². The number of hydrogen-bond donors (Lipinski definition) is 1. The number of alkyl halides is 1. The number of hydrogen-bond acceptors (Lipinski definition) is 6. The highest BCUT2D eigenvalue weighted by Crippen LogP contribution is 2.60. The molecule has 6 atom stereocenters. The Kier molecular flexibility index (Phi) is 7.75. The average Bonchev–Trinajstić information content (AvgIpc) is 3.32. The molecule has 3 rings (SSSR count). The molecule has 2 amide bonds. The van der Waals surface area contributed by atoms with Crippen LogP contribution >= 0.6 is 15.9 Å². The van der Waals surface area contributed by atoms with E-state index in [0.29, 0.717) is 25.8 Å². The third-order valence-electron chi connectivity index (χ3n) is 6.81. The third kappa shape index (κ3) is 4.39. The molecule has 184 valence electrons. The van der Waals surface area contributed by atoms with Gasteiger partial charge in [-0.15, -0.1) is 13.2 Å². The lowest BCUT2D eigenvalue weighted by molar-refractivity contribution is -0.155. The van der Waals surface area contributed by atoms with Crippen LogP contribution in [0.2, 0.25) is 0 Å². The van der Waals surface area contributed by atoms with Gasteiger partial charge < -0.3 is 24.4 Å². The van der Waals surface area contributed by atoms with Crippen molar-refractivity contribution in [1.82, 2.24) is 9.80 Å². The molecule has 2 bridgehead atoms. The van der Waals surface area contributed by atoms with Crippen LogP contribution in [0.1, 0.15) is 40.0 Å². The monoisotopic (exact) mass is 526 g/mol. The molecule has 9 heteroatoms. The van der Waals surface area contributed by atoms with Crippen molar-refractivity contribution in [3.8, 4) is 0 Å². The van der Waals surface area contributed by atoms with Gasteiger partial charge in [0.1, 0.15) is 11.6 Å². The van der Waals surface area contributed by atoms with Crippen LogP contribution in [0.5, 0.6) is 0 Å². The van der Waals surface area contributed by atoms with Crippen LogP contribution in [0.15, 0.2) is 25.3 Å². The number of amides is 2. The number of aliphatic hydroxyl groups is 1. The topological polar surface area (TPSA) is 96.4 Å². The van der Waals surface area contributed by atoms with Gasteiger partial charge in [0.2, 0.25) is 11.8 Å². The van der Waals surface area contributed by atoms with Crippen molar-refractivity contribution >= 4 is 33.7 Å². The number of ether oxygens (including phenoxy) is 2. The minimum atomic E-state index is -1.13. The van der Waals surface area contributed by atoms with Gasteiger partial charge in [0.15, 0.2) is 0 Å². The van der Waals surface area contributed by atoms with Crippen molar-refractivity contribution in [3.63, 3.8) is 0 Å².